The molecule has 1 fully saturated rings. The summed E-state index contributed by atoms with van der Waals surface area (Å²) in [6.45, 7) is 0. The molecular formula is C11H24N2O2S. The number of hydrogen-bond donors (Lipinski definition) is 2. The minimum absolute atomic E-state index is 0.160. The second-order valence-corrected chi connectivity index (χ2v) is 7.20. The van der Waals surface area contributed by atoms with Crippen LogP contribution in [0.2, 0.25) is 0 Å². The SMILES string of the molecule is CS(=O)(=O)CCC(NN)C1CCCCCC1. The maximum Gasteiger partial charge on any atom is 0.147 e. The van der Waals surface area contributed by atoms with Gasteiger partial charge in [-0.05, 0) is 25.2 Å². The van der Waals surface area contributed by atoms with Crippen molar-refractivity contribution in [3.63, 3.8) is 0 Å². The Bertz CT molecular complexity index is 282. The van der Waals surface area contributed by atoms with Crippen molar-refractivity contribution in [2.45, 2.75) is 51.0 Å². The van der Waals surface area contributed by atoms with Gasteiger partial charge < -0.3 is 0 Å². The molecule has 1 atom stereocenters. The lowest BCUT2D eigenvalue weighted by Crippen LogP contribution is -2.42. The Kier molecular flexibility index (Phi) is 5.72. The zero-order valence-electron chi connectivity index (χ0n) is 10.1. The van der Waals surface area contributed by atoms with Crippen molar-refractivity contribution in [2.24, 2.45) is 11.8 Å². The van der Waals surface area contributed by atoms with E-state index in [4.69, 9.17) is 5.84 Å². The van der Waals surface area contributed by atoms with E-state index in [1.54, 1.807) is 0 Å². The molecule has 0 aromatic heterocycles. The van der Waals surface area contributed by atoms with Gasteiger partial charge in [-0.2, -0.15) is 0 Å². The maximum atomic E-state index is 11.1. The van der Waals surface area contributed by atoms with E-state index in [0.29, 0.717) is 12.3 Å². The van der Waals surface area contributed by atoms with E-state index in [-0.39, 0.29) is 11.8 Å². The third-order valence-corrected chi connectivity index (χ3v) is 4.46. The first-order chi connectivity index (χ1) is 7.53. The first-order valence-corrected chi connectivity index (χ1v) is 8.23. The molecule has 0 spiro atoms. The van der Waals surface area contributed by atoms with Crippen molar-refractivity contribution in [2.75, 3.05) is 12.0 Å². The highest BCUT2D eigenvalue weighted by Gasteiger charge is 2.22. The maximum absolute atomic E-state index is 11.1. The second-order valence-electron chi connectivity index (χ2n) is 4.94. The third-order valence-electron chi connectivity index (χ3n) is 3.48. The summed E-state index contributed by atoms with van der Waals surface area (Å²) in [6.07, 6.45) is 9.40. The van der Waals surface area contributed by atoms with Gasteiger partial charge in [0.2, 0.25) is 0 Å². The van der Waals surface area contributed by atoms with Crippen LogP contribution in [-0.4, -0.2) is 26.5 Å². The molecule has 96 valence electrons. The molecule has 1 aliphatic carbocycles. The van der Waals surface area contributed by atoms with Crippen LogP contribution < -0.4 is 11.3 Å². The van der Waals surface area contributed by atoms with Crippen LogP contribution in [0.1, 0.15) is 44.9 Å². The quantitative estimate of drug-likeness (QED) is 0.436. The van der Waals surface area contributed by atoms with Crippen LogP contribution in [0.15, 0.2) is 0 Å². The molecule has 0 aliphatic heterocycles. The Morgan fingerprint density at radius 2 is 1.81 bits per heavy atom. The smallest absolute Gasteiger partial charge is 0.147 e. The minimum Gasteiger partial charge on any atom is -0.271 e. The molecule has 16 heavy (non-hydrogen) atoms. The first kappa shape index (κ1) is 13.9. The molecule has 1 unspecified atom stereocenters. The van der Waals surface area contributed by atoms with Crippen LogP contribution in [0.25, 0.3) is 0 Å². The van der Waals surface area contributed by atoms with E-state index in [0.717, 1.165) is 0 Å². The summed E-state index contributed by atoms with van der Waals surface area (Å²) in [6, 6.07) is 0.160. The minimum atomic E-state index is -2.87. The monoisotopic (exact) mass is 248 g/mol. The molecule has 0 heterocycles. The normalized spacial score (nSPS) is 21.6. The summed E-state index contributed by atoms with van der Waals surface area (Å²) in [7, 11) is -2.87. The van der Waals surface area contributed by atoms with Gasteiger partial charge in [0.1, 0.15) is 9.84 Å². The van der Waals surface area contributed by atoms with Gasteiger partial charge in [-0.15, -0.1) is 0 Å². The van der Waals surface area contributed by atoms with Crippen LogP contribution in [-0.2, 0) is 9.84 Å². The van der Waals surface area contributed by atoms with E-state index in [9.17, 15) is 8.42 Å². The fraction of sp³-hybridized carbons (Fsp3) is 1.00. The summed E-state index contributed by atoms with van der Waals surface area (Å²) in [5.41, 5.74) is 2.81. The zero-order valence-corrected chi connectivity index (χ0v) is 10.9. The first-order valence-electron chi connectivity index (χ1n) is 6.17. The van der Waals surface area contributed by atoms with Crippen LogP contribution in [0.4, 0.5) is 0 Å². The van der Waals surface area contributed by atoms with Gasteiger partial charge >= 0.3 is 0 Å². The molecule has 0 saturated heterocycles. The fourth-order valence-corrected chi connectivity index (χ4v) is 3.19. The number of sulfone groups is 1. The van der Waals surface area contributed by atoms with Crippen LogP contribution in [0.3, 0.4) is 0 Å². The molecule has 3 N–H and O–H groups in total. The molecule has 0 amide bonds. The second kappa shape index (κ2) is 6.57. The number of rotatable bonds is 5. The summed E-state index contributed by atoms with van der Waals surface area (Å²) in [5.74, 6) is 6.32. The highest BCUT2D eigenvalue weighted by atomic mass is 32.2. The van der Waals surface area contributed by atoms with Crippen molar-refractivity contribution in [3.8, 4) is 0 Å². The molecule has 1 rings (SSSR count). The van der Waals surface area contributed by atoms with E-state index in [2.05, 4.69) is 5.43 Å². The van der Waals surface area contributed by atoms with Crippen molar-refractivity contribution in [1.82, 2.24) is 5.43 Å². The molecule has 1 aliphatic rings. The number of nitrogens with one attached hydrogen (secondary N) is 1. The predicted molar refractivity (Wildman–Crippen MR) is 66.6 cm³/mol. The molecule has 1 saturated carbocycles. The van der Waals surface area contributed by atoms with Gasteiger partial charge in [0.15, 0.2) is 0 Å². The molecule has 0 aromatic rings. The van der Waals surface area contributed by atoms with Crippen molar-refractivity contribution in [3.05, 3.63) is 0 Å². The van der Waals surface area contributed by atoms with Gasteiger partial charge in [0, 0.05) is 12.3 Å². The summed E-state index contributed by atoms with van der Waals surface area (Å²) >= 11 is 0. The Morgan fingerprint density at radius 3 is 2.25 bits per heavy atom. The average Bonchev–Trinajstić information content (AvgIpc) is 2.46. The third kappa shape index (κ3) is 5.27. The van der Waals surface area contributed by atoms with Crippen LogP contribution in [0, 0.1) is 5.92 Å². The van der Waals surface area contributed by atoms with E-state index in [1.807, 2.05) is 0 Å². The Morgan fingerprint density at radius 1 is 1.25 bits per heavy atom. The topological polar surface area (TPSA) is 72.2 Å². The van der Waals surface area contributed by atoms with Crippen LogP contribution in [0.5, 0.6) is 0 Å². The summed E-state index contributed by atoms with van der Waals surface area (Å²) < 4.78 is 22.3. The molecule has 0 aromatic carbocycles. The number of hydrogen-bond acceptors (Lipinski definition) is 4. The number of nitrogens with two attached hydrogens (primary N) is 1. The van der Waals surface area contributed by atoms with Gasteiger partial charge in [0.25, 0.3) is 0 Å². The van der Waals surface area contributed by atoms with Gasteiger partial charge in [-0.25, -0.2) is 8.42 Å². The number of hydrazine groups is 1. The molecule has 0 bridgehead atoms. The lowest BCUT2D eigenvalue weighted by atomic mass is 9.91. The Balaban J connectivity index is 2.45. The summed E-state index contributed by atoms with van der Waals surface area (Å²) in [5, 5.41) is 0. The van der Waals surface area contributed by atoms with Crippen LogP contribution >= 0.6 is 0 Å². The van der Waals surface area contributed by atoms with E-state index >= 15 is 0 Å². The Hall–Kier alpha value is -0.130. The lowest BCUT2D eigenvalue weighted by Gasteiger charge is -2.25. The molecule has 0 radical (unpaired) electrons. The zero-order chi connectivity index (χ0) is 12.0. The standard InChI is InChI=1S/C11H24N2O2S/c1-16(14,15)9-8-11(13-12)10-6-4-2-3-5-7-10/h10-11,13H,2-9,12H2,1H3. The summed E-state index contributed by atoms with van der Waals surface area (Å²) in [4.78, 5) is 0. The van der Waals surface area contributed by atoms with Crippen molar-refractivity contribution in [1.29, 1.82) is 0 Å². The highest BCUT2D eigenvalue weighted by molar-refractivity contribution is 7.90. The largest absolute Gasteiger partial charge is 0.271 e. The lowest BCUT2D eigenvalue weighted by molar-refractivity contribution is 0.315. The predicted octanol–water partition coefficient (Wildman–Crippen LogP) is 1.22. The molecular weight excluding hydrogens is 224 g/mol. The average molecular weight is 248 g/mol. The van der Waals surface area contributed by atoms with E-state index < -0.39 is 9.84 Å². The fourth-order valence-electron chi connectivity index (χ4n) is 2.51. The van der Waals surface area contributed by atoms with Gasteiger partial charge in [-0.3, -0.25) is 11.3 Å². The van der Waals surface area contributed by atoms with Crippen molar-refractivity contribution >= 4 is 9.84 Å². The molecule has 5 heteroatoms. The Labute approximate surface area is 98.9 Å². The van der Waals surface area contributed by atoms with Gasteiger partial charge in [-0.1, -0.05) is 25.7 Å². The highest BCUT2D eigenvalue weighted by Crippen LogP contribution is 2.26. The van der Waals surface area contributed by atoms with Gasteiger partial charge in [0.05, 0.1) is 5.75 Å². The molecule has 4 nitrogen and oxygen atoms in total. The van der Waals surface area contributed by atoms with E-state index in [1.165, 1.54) is 44.8 Å². The van der Waals surface area contributed by atoms with Crippen molar-refractivity contribution < 1.29 is 8.42 Å².